The third kappa shape index (κ3) is 5.21. The Morgan fingerprint density at radius 3 is 2.00 bits per heavy atom. The Bertz CT molecular complexity index is 738. The van der Waals surface area contributed by atoms with Gasteiger partial charge in [0.25, 0.3) is 0 Å². The largest absolute Gasteiger partial charge is 0.503 e. The summed E-state index contributed by atoms with van der Waals surface area (Å²) < 4.78 is 6.93. The lowest BCUT2D eigenvalue weighted by Gasteiger charge is -2.16. The van der Waals surface area contributed by atoms with E-state index in [2.05, 4.69) is 63.7 Å². The van der Waals surface area contributed by atoms with E-state index in [0.717, 1.165) is 16.7 Å². The van der Waals surface area contributed by atoms with Gasteiger partial charge in [-0.1, -0.05) is 40.2 Å². The molecule has 0 aliphatic rings. The summed E-state index contributed by atoms with van der Waals surface area (Å²) in [6, 6.07) is 7.66. The Kier molecular flexibility index (Phi) is 8.39. The average Bonchev–Trinajstić information content (AvgIpc) is 2.66. The fourth-order valence-corrected chi connectivity index (χ4v) is 4.21. The first-order valence-electron chi connectivity index (χ1n) is 7.45. The normalized spacial score (nSPS) is 13.6. The first-order valence-corrected chi connectivity index (χ1v) is 10.7. The molecule has 26 heavy (non-hydrogen) atoms. The van der Waals surface area contributed by atoms with Crippen LogP contribution >= 0.6 is 63.7 Å². The van der Waals surface area contributed by atoms with Gasteiger partial charge in [-0.2, -0.15) is 0 Å². The van der Waals surface area contributed by atoms with Gasteiger partial charge in [0.05, 0.1) is 22.2 Å². The minimum absolute atomic E-state index is 0.217. The van der Waals surface area contributed by atoms with Crippen LogP contribution in [-0.4, -0.2) is 38.2 Å². The van der Waals surface area contributed by atoms with E-state index in [4.69, 9.17) is 9.84 Å². The number of phenolic OH excluding ortho intramolecular Hbond substituents is 2. The summed E-state index contributed by atoms with van der Waals surface area (Å²) in [6.07, 6.45) is -0.455. The smallest absolute Gasteiger partial charge is 0.174 e. The zero-order chi connectivity index (χ0) is 19.4. The molecular weight excluding hydrogens is 604 g/mol. The van der Waals surface area contributed by atoms with Crippen LogP contribution in [0.5, 0.6) is 11.5 Å². The Labute approximate surface area is 184 Å². The number of aromatic hydroxyl groups is 2. The van der Waals surface area contributed by atoms with Crippen molar-refractivity contribution in [2.24, 2.45) is 0 Å². The lowest BCUT2D eigenvalue weighted by molar-refractivity contribution is -0.0159. The molecule has 5 nitrogen and oxygen atoms in total. The molecule has 0 spiro atoms. The van der Waals surface area contributed by atoms with Gasteiger partial charge in [-0.3, -0.25) is 0 Å². The summed E-state index contributed by atoms with van der Waals surface area (Å²) in [4.78, 5) is 0. The van der Waals surface area contributed by atoms with Gasteiger partial charge in [0.1, 0.15) is 11.1 Å². The fraction of sp³-hybridized carbons (Fsp3) is 0.294. The van der Waals surface area contributed by atoms with E-state index in [1.807, 2.05) is 24.3 Å². The van der Waals surface area contributed by atoms with Crippen molar-refractivity contribution in [2.75, 3.05) is 6.61 Å². The molecule has 2 aromatic rings. The summed E-state index contributed by atoms with van der Waals surface area (Å²) in [6.45, 7) is -0.0974. The highest BCUT2D eigenvalue weighted by atomic mass is 79.9. The van der Waals surface area contributed by atoms with Crippen molar-refractivity contribution in [3.63, 3.8) is 0 Å². The number of halogens is 4. The van der Waals surface area contributed by atoms with E-state index < -0.39 is 11.1 Å². The van der Waals surface area contributed by atoms with Crippen LogP contribution in [0, 0.1) is 0 Å². The number of rotatable bonds is 7. The Morgan fingerprint density at radius 2 is 1.42 bits per heavy atom. The van der Waals surface area contributed by atoms with Crippen LogP contribution in [0.15, 0.2) is 37.7 Å². The van der Waals surface area contributed by atoms with Crippen LogP contribution in [0.1, 0.15) is 16.7 Å². The van der Waals surface area contributed by atoms with Gasteiger partial charge in [0.2, 0.25) is 0 Å². The number of phenols is 2. The van der Waals surface area contributed by atoms with Crippen molar-refractivity contribution in [1.82, 2.24) is 0 Å². The molecule has 0 amide bonds. The Balaban J connectivity index is 2.11. The van der Waals surface area contributed by atoms with Crippen molar-refractivity contribution >= 4 is 63.7 Å². The highest BCUT2D eigenvalue weighted by Gasteiger charge is 2.20. The molecule has 0 aromatic heterocycles. The summed E-state index contributed by atoms with van der Waals surface area (Å²) in [7, 11) is 0. The lowest BCUT2D eigenvalue weighted by atomic mass is 10.0. The molecule has 0 heterocycles. The number of benzene rings is 2. The molecule has 2 rings (SSSR count). The van der Waals surface area contributed by atoms with Gasteiger partial charge in [-0.15, -0.1) is 0 Å². The topological polar surface area (TPSA) is 90.2 Å². The second kappa shape index (κ2) is 9.86. The van der Waals surface area contributed by atoms with Crippen molar-refractivity contribution in [2.45, 2.75) is 24.1 Å². The SMILES string of the molecule is OCC(O)C(Br)OCc1ccc(Cc2c(Br)c(O)c(O)c(Br)c2Br)cc1. The molecule has 2 atom stereocenters. The van der Waals surface area contributed by atoms with E-state index in [0.29, 0.717) is 19.8 Å². The van der Waals surface area contributed by atoms with Gasteiger partial charge >= 0.3 is 0 Å². The maximum atomic E-state index is 9.99. The van der Waals surface area contributed by atoms with E-state index in [1.165, 1.54) is 0 Å². The Hall–Kier alpha value is -0.160. The molecule has 0 saturated heterocycles. The second-order valence-corrected chi connectivity index (χ2v) is 8.80. The van der Waals surface area contributed by atoms with Crippen LogP contribution in [-0.2, 0) is 17.8 Å². The van der Waals surface area contributed by atoms with E-state index in [9.17, 15) is 15.3 Å². The minimum atomic E-state index is -0.982. The third-order valence-electron chi connectivity index (χ3n) is 3.67. The van der Waals surface area contributed by atoms with Crippen LogP contribution in [0.25, 0.3) is 0 Å². The van der Waals surface area contributed by atoms with E-state index in [-0.39, 0.29) is 24.7 Å². The lowest BCUT2D eigenvalue weighted by Crippen LogP contribution is -2.26. The molecule has 0 radical (unpaired) electrons. The van der Waals surface area contributed by atoms with Gasteiger partial charge in [0.15, 0.2) is 11.5 Å². The second-order valence-electron chi connectivity index (χ2n) is 5.52. The minimum Gasteiger partial charge on any atom is -0.503 e. The molecule has 0 fully saturated rings. The summed E-state index contributed by atoms with van der Waals surface area (Å²) in [5.41, 5.74) is 2.71. The summed E-state index contributed by atoms with van der Waals surface area (Å²) in [5.74, 6) is -0.444. The third-order valence-corrected chi connectivity index (χ3v) is 7.57. The van der Waals surface area contributed by atoms with Crippen molar-refractivity contribution in [3.05, 3.63) is 54.4 Å². The number of ether oxygens (including phenoxy) is 1. The van der Waals surface area contributed by atoms with E-state index in [1.54, 1.807) is 0 Å². The van der Waals surface area contributed by atoms with Crippen LogP contribution < -0.4 is 0 Å². The van der Waals surface area contributed by atoms with Gasteiger partial charge in [0, 0.05) is 4.47 Å². The monoisotopic (exact) mass is 616 g/mol. The molecule has 142 valence electrons. The Morgan fingerprint density at radius 1 is 0.885 bits per heavy atom. The number of alkyl halides is 1. The van der Waals surface area contributed by atoms with Crippen molar-refractivity contribution in [1.29, 1.82) is 0 Å². The number of aliphatic hydroxyl groups is 2. The molecule has 0 aliphatic heterocycles. The molecule has 0 saturated carbocycles. The van der Waals surface area contributed by atoms with Gasteiger partial charge in [-0.05, 0) is 70.9 Å². The predicted molar refractivity (Wildman–Crippen MR) is 113 cm³/mol. The van der Waals surface area contributed by atoms with Gasteiger partial charge in [-0.25, -0.2) is 0 Å². The predicted octanol–water partition coefficient (Wildman–Crippen LogP) is 4.57. The van der Waals surface area contributed by atoms with Crippen LogP contribution in [0.4, 0.5) is 0 Å². The molecule has 0 bridgehead atoms. The van der Waals surface area contributed by atoms with E-state index >= 15 is 0 Å². The average molecular weight is 620 g/mol. The number of aliphatic hydroxyl groups excluding tert-OH is 2. The summed E-state index contributed by atoms with van der Waals surface area (Å²) >= 11 is 13.2. The number of hydrogen-bond donors (Lipinski definition) is 4. The maximum absolute atomic E-state index is 9.99. The quantitative estimate of drug-likeness (QED) is 0.207. The molecule has 4 N–H and O–H groups in total. The molecular formula is C17H16Br4O5. The molecule has 9 heteroatoms. The highest BCUT2D eigenvalue weighted by Crippen LogP contribution is 2.47. The van der Waals surface area contributed by atoms with Crippen LogP contribution in [0.3, 0.4) is 0 Å². The first-order chi connectivity index (χ1) is 12.3. The standard InChI is InChI=1S/C17H16Br4O5/c18-12-10(13(19)15(24)16(25)14(12)20)5-8-1-3-9(4-2-8)7-26-17(21)11(23)6-22/h1-4,11,17,22-25H,5-7H2. The molecule has 2 unspecified atom stereocenters. The van der Waals surface area contributed by atoms with Crippen molar-refractivity contribution in [3.8, 4) is 11.5 Å². The molecule has 0 aliphatic carbocycles. The maximum Gasteiger partial charge on any atom is 0.174 e. The zero-order valence-corrected chi connectivity index (χ0v) is 19.6. The van der Waals surface area contributed by atoms with Crippen LogP contribution in [0.2, 0.25) is 0 Å². The summed E-state index contributed by atoms with van der Waals surface area (Å²) in [5, 5.41) is 37.5. The van der Waals surface area contributed by atoms with Gasteiger partial charge < -0.3 is 25.2 Å². The first kappa shape index (κ1) is 22.1. The number of hydrogen-bond acceptors (Lipinski definition) is 5. The fourth-order valence-electron chi connectivity index (χ4n) is 2.17. The zero-order valence-electron chi connectivity index (χ0n) is 13.3. The highest BCUT2D eigenvalue weighted by molar-refractivity contribution is 9.13. The van der Waals surface area contributed by atoms with Crippen molar-refractivity contribution < 1.29 is 25.2 Å². The molecule has 2 aromatic carbocycles.